The molecular formula is C35H38N4O6. The van der Waals surface area contributed by atoms with Gasteiger partial charge >= 0.3 is 17.9 Å². The second kappa shape index (κ2) is 12.2. The van der Waals surface area contributed by atoms with Crippen LogP contribution in [0.3, 0.4) is 0 Å². The molecule has 5 N–H and O–H groups in total. The van der Waals surface area contributed by atoms with E-state index in [-0.39, 0.29) is 34.9 Å². The van der Waals surface area contributed by atoms with Gasteiger partial charge in [0, 0.05) is 51.6 Å². The van der Waals surface area contributed by atoms with Crippen molar-refractivity contribution in [2.24, 2.45) is 0 Å². The van der Waals surface area contributed by atoms with Crippen LogP contribution in [0.5, 0.6) is 0 Å². The van der Waals surface area contributed by atoms with Crippen LogP contribution in [0.4, 0.5) is 0 Å². The predicted molar refractivity (Wildman–Crippen MR) is 173 cm³/mol. The first-order valence-corrected chi connectivity index (χ1v) is 15.1. The van der Waals surface area contributed by atoms with Gasteiger partial charge < -0.3 is 25.3 Å². The van der Waals surface area contributed by atoms with Crippen LogP contribution in [-0.4, -0.2) is 53.2 Å². The quantitative estimate of drug-likeness (QED) is 0.171. The zero-order valence-electron chi connectivity index (χ0n) is 26.2. The van der Waals surface area contributed by atoms with Gasteiger partial charge in [-0.25, -0.2) is 9.78 Å². The molecule has 2 atom stereocenters. The van der Waals surface area contributed by atoms with Crippen molar-refractivity contribution >= 4 is 51.1 Å². The van der Waals surface area contributed by atoms with E-state index in [1.165, 1.54) is 0 Å². The van der Waals surface area contributed by atoms with Gasteiger partial charge in [-0.1, -0.05) is 26.5 Å². The second-order valence-electron chi connectivity index (χ2n) is 11.8. The monoisotopic (exact) mass is 610 g/mol. The minimum absolute atomic E-state index is 0.0135. The Morgan fingerprint density at radius 2 is 1.62 bits per heavy atom. The molecule has 0 fully saturated rings. The first-order chi connectivity index (χ1) is 21.4. The van der Waals surface area contributed by atoms with E-state index in [1.54, 1.807) is 13.0 Å². The van der Waals surface area contributed by atoms with Crippen LogP contribution in [0.15, 0.2) is 30.9 Å². The number of aromatic amines is 2. The Morgan fingerprint density at radius 3 is 2.24 bits per heavy atom. The number of aromatic nitrogens is 4. The smallest absolute Gasteiger partial charge is 0.338 e. The molecular weight excluding hydrogens is 572 g/mol. The van der Waals surface area contributed by atoms with Crippen molar-refractivity contribution in [3.63, 3.8) is 0 Å². The fourth-order valence-corrected chi connectivity index (χ4v) is 6.73. The fraction of sp³-hybridized carbons (Fsp3) is 0.343. The molecule has 0 amide bonds. The van der Waals surface area contributed by atoms with E-state index in [4.69, 9.17) is 9.97 Å². The largest absolute Gasteiger partial charge is 0.481 e. The molecule has 0 aromatic carbocycles. The number of allylic oxidation sites excluding steroid dienone is 3. The van der Waals surface area contributed by atoms with Gasteiger partial charge in [0.05, 0.1) is 34.6 Å². The highest BCUT2D eigenvalue weighted by atomic mass is 16.4. The maximum atomic E-state index is 12.7. The van der Waals surface area contributed by atoms with Crippen molar-refractivity contribution in [2.45, 2.75) is 78.6 Å². The van der Waals surface area contributed by atoms with Gasteiger partial charge in [0.1, 0.15) is 0 Å². The standard InChI is InChI=1S/C35H38N4O6/c1-7-20-16(3)24-13-26-18(5)22(10-9-11-30(40)41)33(38-26)23(12-31(42)43)34-32(35(44)45)19(6)27(39-34)15-29-21(8-2)17(4)25(37-29)14-28(20)36-24/h7,13-15,18,22,37,39H,1,8-12H2,2-6H3,(H,40,41)(H,42,43)(H,44,45)/t18-,22-/m0/s1. The van der Waals surface area contributed by atoms with Crippen LogP contribution in [0.2, 0.25) is 0 Å². The average molecular weight is 611 g/mol. The Kier molecular flexibility index (Phi) is 8.51. The SMILES string of the molecule is C=CC1=C(C)c2cc3nc(c(CC(=O)O)c4[nH]c(cc5[nH]c(cc1n2)c(C)c5CC)c(C)c4C(=O)O)[C@@H](CCCC(=O)O)[C@@H]3C. The topological polar surface area (TPSA) is 169 Å². The highest BCUT2D eigenvalue weighted by molar-refractivity contribution is 6.02. The maximum absolute atomic E-state index is 12.7. The number of H-pyrrole nitrogens is 2. The third-order valence-electron chi connectivity index (χ3n) is 9.19. The molecule has 10 nitrogen and oxygen atoms in total. The maximum Gasteiger partial charge on any atom is 0.338 e. The average Bonchev–Trinajstić information content (AvgIpc) is 3.65. The molecule has 0 saturated carbocycles. The zero-order chi connectivity index (χ0) is 32.7. The highest BCUT2D eigenvalue weighted by Gasteiger charge is 2.33. The molecule has 3 aromatic heterocycles. The lowest BCUT2D eigenvalue weighted by atomic mass is 9.84. The molecule has 0 saturated heterocycles. The number of nitrogens with zero attached hydrogens (tertiary/aromatic N) is 2. The number of nitrogens with one attached hydrogen (secondary N) is 2. The number of hydrogen-bond donors (Lipinski definition) is 5. The Morgan fingerprint density at radius 1 is 0.911 bits per heavy atom. The van der Waals surface area contributed by atoms with E-state index in [1.807, 2.05) is 39.0 Å². The number of carbonyl (C=O) groups is 3. The summed E-state index contributed by atoms with van der Waals surface area (Å²) in [6.07, 6.45) is 2.78. The molecule has 5 rings (SSSR count). The van der Waals surface area contributed by atoms with Crippen molar-refractivity contribution in [1.82, 2.24) is 19.9 Å². The minimum atomic E-state index is -1.18. The van der Waals surface area contributed by atoms with Gasteiger partial charge in [-0.2, -0.15) is 0 Å². The summed E-state index contributed by atoms with van der Waals surface area (Å²) in [5.41, 5.74) is 9.66. The summed E-state index contributed by atoms with van der Waals surface area (Å²) in [4.78, 5) is 53.2. The molecule has 8 bridgehead atoms. The molecule has 234 valence electrons. The number of aliphatic carboxylic acids is 2. The normalized spacial score (nSPS) is 16.2. The summed E-state index contributed by atoms with van der Waals surface area (Å²) < 4.78 is 0. The van der Waals surface area contributed by atoms with E-state index in [0.717, 1.165) is 45.4 Å². The Labute approximate surface area is 260 Å². The Bertz CT molecular complexity index is 1960. The highest BCUT2D eigenvalue weighted by Crippen LogP contribution is 2.43. The lowest BCUT2D eigenvalue weighted by Gasteiger charge is -2.17. The summed E-state index contributed by atoms with van der Waals surface area (Å²) in [5, 5.41) is 29.8. The number of carboxylic acid groups (broad SMARTS) is 3. The fourth-order valence-electron chi connectivity index (χ4n) is 6.73. The Balaban J connectivity index is 2.01. The number of hydrogen-bond acceptors (Lipinski definition) is 5. The van der Waals surface area contributed by atoms with Gasteiger partial charge in [0.2, 0.25) is 0 Å². The van der Waals surface area contributed by atoms with Crippen molar-refractivity contribution in [2.75, 3.05) is 0 Å². The van der Waals surface area contributed by atoms with E-state index >= 15 is 0 Å². The summed E-state index contributed by atoms with van der Waals surface area (Å²) in [5.74, 6) is -3.78. The Hall–Kier alpha value is -4.99. The van der Waals surface area contributed by atoms with E-state index < -0.39 is 24.3 Å². The molecule has 0 spiro atoms. The second-order valence-corrected chi connectivity index (χ2v) is 11.8. The van der Waals surface area contributed by atoms with Gasteiger partial charge in [-0.3, -0.25) is 14.6 Å². The molecule has 0 aliphatic carbocycles. The van der Waals surface area contributed by atoms with Crippen LogP contribution < -0.4 is 0 Å². The van der Waals surface area contributed by atoms with E-state index in [2.05, 4.69) is 23.5 Å². The van der Waals surface area contributed by atoms with E-state index in [9.17, 15) is 29.7 Å². The first-order valence-electron chi connectivity index (χ1n) is 15.1. The lowest BCUT2D eigenvalue weighted by Crippen LogP contribution is -2.10. The number of aryl methyl sites for hydroxylation is 3. The third-order valence-corrected chi connectivity index (χ3v) is 9.19. The molecule has 2 aliphatic rings. The van der Waals surface area contributed by atoms with Crippen LogP contribution in [0.25, 0.3) is 33.2 Å². The van der Waals surface area contributed by atoms with Crippen molar-refractivity contribution in [3.05, 3.63) is 81.4 Å². The van der Waals surface area contributed by atoms with Gasteiger partial charge in [0.25, 0.3) is 0 Å². The number of aromatic carboxylic acids is 1. The molecule has 45 heavy (non-hydrogen) atoms. The van der Waals surface area contributed by atoms with Crippen LogP contribution in [0.1, 0.15) is 107 Å². The third kappa shape index (κ3) is 5.68. The van der Waals surface area contributed by atoms with Crippen molar-refractivity contribution < 1.29 is 29.7 Å². The zero-order valence-corrected chi connectivity index (χ0v) is 26.2. The first kappa shape index (κ1) is 31.4. The molecule has 0 unspecified atom stereocenters. The lowest BCUT2D eigenvalue weighted by molar-refractivity contribution is -0.137. The number of rotatable bonds is 9. The predicted octanol–water partition coefficient (Wildman–Crippen LogP) is 7.08. The van der Waals surface area contributed by atoms with E-state index in [0.29, 0.717) is 41.0 Å². The summed E-state index contributed by atoms with van der Waals surface area (Å²) in [7, 11) is 0. The van der Waals surface area contributed by atoms with Gasteiger partial charge in [0.15, 0.2) is 0 Å². The van der Waals surface area contributed by atoms with Crippen molar-refractivity contribution in [1.29, 1.82) is 0 Å². The molecule has 3 aromatic rings. The van der Waals surface area contributed by atoms with Gasteiger partial charge in [-0.15, -0.1) is 0 Å². The molecule has 2 aliphatic heterocycles. The summed E-state index contributed by atoms with van der Waals surface area (Å²) >= 11 is 0. The number of carboxylic acids is 3. The molecule has 10 heteroatoms. The number of fused-ring (bicyclic) bond motifs is 8. The van der Waals surface area contributed by atoms with Gasteiger partial charge in [-0.05, 0) is 80.5 Å². The molecule has 0 radical (unpaired) electrons. The van der Waals surface area contributed by atoms with Crippen molar-refractivity contribution in [3.8, 4) is 0 Å². The summed E-state index contributed by atoms with van der Waals surface area (Å²) in [6.45, 7) is 13.8. The van der Waals surface area contributed by atoms with Crippen LogP contribution in [-0.2, 0) is 22.4 Å². The summed E-state index contributed by atoms with van der Waals surface area (Å²) in [6, 6.07) is 5.77. The van der Waals surface area contributed by atoms with Crippen LogP contribution >= 0.6 is 0 Å². The van der Waals surface area contributed by atoms with Crippen LogP contribution in [0, 0.1) is 13.8 Å². The minimum Gasteiger partial charge on any atom is -0.481 e. The molecule has 5 heterocycles.